The van der Waals surface area contributed by atoms with Gasteiger partial charge < -0.3 is 43.6 Å². The molecule has 0 aromatic heterocycles. The fraction of sp³-hybridized carbons (Fsp3) is 0.714. The summed E-state index contributed by atoms with van der Waals surface area (Å²) < 4.78 is 0. The topological polar surface area (TPSA) is 249 Å². The van der Waals surface area contributed by atoms with Gasteiger partial charge in [0.1, 0.15) is 18.1 Å². The number of nitrogens with zero attached hydrogens (tertiary/aromatic N) is 2. The first kappa shape index (κ1) is 29.6. The zero-order valence-corrected chi connectivity index (χ0v) is 20.2. The van der Waals surface area contributed by atoms with Gasteiger partial charge in [-0.25, -0.2) is 4.79 Å². The van der Waals surface area contributed by atoms with Crippen molar-refractivity contribution < 1.29 is 29.1 Å². The molecule has 1 saturated heterocycles. The van der Waals surface area contributed by atoms with Crippen molar-refractivity contribution in [2.75, 3.05) is 13.1 Å². The summed E-state index contributed by atoms with van der Waals surface area (Å²) in [5.41, 5.74) is 21.6. The van der Waals surface area contributed by atoms with E-state index in [0.717, 1.165) is 0 Å². The number of aliphatic carboxylic acids is 1. The van der Waals surface area contributed by atoms with Crippen molar-refractivity contribution in [2.24, 2.45) is 33.8 Å². The van der Waals surface area contributed by atoms with E-state index < -0.39 is 60.2 Å². The van der Waals surface area contributed by atoms with E-state index in [0.29, 0.717) is 25.7 Å². The highest BCUT2D eigenvalue weighted by Crippen LogP contribution is 2.21. The van der Waals surface area contributed by atoms with E-state index >= 15 is 0 Å². The van der Waals surface area contributed by atoms with Crippen LogP contribution in [-0.2, 0) is 24.0 Å². The lowest BCUT2D eigenvalue weighted by Crippen LogP contribution is -2.59. The summed E-state index contributed by atoms with van der Waals surface area (Å²) in [4.78, 5) is 66.9. The lowest BCUT2D eigenvalue weighted by atomic mass is 9.96. The number of likely N-dealkylation sites (tertiary alicyclic amines) is 1. The van der Waals surface area contributed by atoms with Gasteiger partial charge in [0.2, 0.25) is 23.6 Å². The first-order valence-electron chi connectivity index (χ1n) is 11.6. The number of carboxylic acids is 1. The van der Waals surface area contributed by atoms with Crippen molar-refractivity contribution in [3.8, 4) is 0 Å². The number of guanidine groups is 1. The second kappa shape index (κ2) is 14.1. The largest absolute Gasteiger partial charge is 0.480 e. The van der Waals surface area contributed by atoms with Crippen LogP contribution >= 0.6 is 0 Å². The standard InChI is InChI=1S/C21H38N8O6/c1-3-11(2)16(19(33)29-9-5-7-14(29)20(34)35)28-18(32)13(10-15(23)30)27-17(31)12(22)6-4-8-26-21(24)25/h11-14,16H,3-10,22H2,1-2H3,(H2,23,30)(H,27,31)(H,28,32)(H,34,35)(H4,24,25,26). The molecule has 1 rings (SSSR count). The van der Waals surface area contributed by atoms with Gasteiger partial charge in [0.05, 0.1) is 12.5 Å². The SMILES string of the molecule is CCC(C)C(NC(=O)C(CC(N)=O)NC(=O)C(N)CCCN=C(N)N)C(=O)N1CCCC1C(=O)O. The Kier molecular flexibility index (Phi) is 11.9. The molecule has 1 aliphatic heterocycles. The quantitative estimate of drug-likeness (QED) is 0.0748. The van der Waals surface area contributed by atoms with Gasteiger partial charge in [0.15, 0.2) is 5.96 Å². The van der Waals surface area contributed by atoms with E-state index in [1.807, 2.05) is 6.92 Å². The maximum atomic E-state index is 13.2. The monoisotopic (exact) mass is 498 g/mol. The summed E-state index contributed by atoms with van der Waals surface area (Å²) in [6.07, 6.45) is 1.48. The minimum atomic E-state index is -1.36. The van der Waals surface area contributed by atoms with Gasteiger partial charge in [-0.3, -0.25) is 24.2 Å². The molecule has 11 N–H and O–H groups in total. The van der Waals surface area contributed by atoms with Crippen LogP contribution in [0.4, 0.5) is 0 Å². The smallest absolute Gasteiger partial charge is 0.326 e. The Balaban J connectivity index is 2.94. The van der Waals surface area contributed by atoms with E-state index in [-0.39, 0.29) is 31.4 Å². The molecule has 35 heavy (non-hydrogen) atoms. The molecule has 0 aliphatic carbocycles. The molecule has 198 valence electrons. The number of primary amides is 1. The second-order valence-corrected chi connectivity index (χ2v) is 8.69. The highest BCUT2D eigenvalue weighted by Gasteiger charge is 2.40. The average Bonchev–Trinajstić information content (AvgIpc) is 3.28. The van der Waals surface area contributed by atoms with E-state index in [9.17, 15) is 29.1 Å². The van der Waals surface area contributed by atoms with Crippen LogP contribution in [0.15, 0.2) is 4.99 Å². The van der Waals surface area contributed by atoms with Crippen LogP contribution in [0.2, 0.25) is 0 Å². The van der Waals surface area contributed by atoms with Crippen LogP contribution in [0, 0.1) is 5.92 Å². The van der Waals surface area contributed by atoms with E-state index in [1.165, 1.54) is 4.90 Å². The summed E-state index contributed by atoms with van der Waals surface area (Å²) in [5.74, 6) is -4.40. The number of amides is 4. The van der Waals surface area contributed by atoms with Gasteiger partial charge in [-0.1, -0.05) is 20.3 Å². The second-order valence-electron chi connectivity index (χ2n) is 8.69. The summed E-state index contributed by atoms with van der Waals surface area (Å²) in [6, 6.07) is -4.38. The molecule has 0 bridgehead atoms. The molecular formula is C21H38N8O6. The number of hydrogen-bond donors (Lipinski definition) is 7. The molecule has 4 amide bonds. The molecule has 0 saturated carbocycles. The molecule has 5 unspecified atom stereocenters. The predicted molar refractivity (Wildman–Crippen MR) is 127 cm³/mol. The third-order valence-electron chi connectivity index (χ3n) is 5.94. The minimum absolute atomic E-state index is 0.0877. The van der Waals surface area contributed by atoms with Crippen molar-refractivity contribution >= 4 is 35.6 Å². The molecule has 5 atom stereocenters. The van der Waals surface area contributed by atoms with Crippen LogP contribution in [-0.4, -0.2) is 82.8 Å². The minimum Gasteiger partial charge on any atom is -0.480 e. The van der Waals surface area contributed by atoms with Gasteiger partial charge in [0.25, 0.3) is 0 Å². The van der Waals surface area contributed by atoms with E-state index in [4.69, 9.17) is 22.9 Å². The number of carbonyl (C=O) groups excluding carboxylic acids is 4. The van der Waals surface area contributed by atoms with Crippen LogP contribution in [0.25, 0.3) is 0 Å². The number of nitrogens with one attached hydrogen (secondary N) is 2. The van der Waals surface area contributed by atoms with Crippen molar-refractivity contribution in [1.82, 2.24) is 15.5 Å². The zero-order valence-electron chi connectivity index (χ0n) is 20.2. The molecular weight excluding hydrogens is 460 g/mol. The van der Waals surface area contributed by atoms with Crippen LogP contribution < -0.4 is 33.6 Å². The molecule has 1 heterocycles. The predicted octanol–water partition coefficient (Wildman–Crippen LogP) is -2.67. The Labute approximate surface area is 204 Å². The lowest BCUT2D eigenvalue weighted by molar-refractivity contribution is -0.150. The fourth-order valence-electron chi connectivity index (χ4n) is 3.74. The molecule has 1 fully saturated rings. The van der Waals surface area contributed by atoms with E-state index in [2.05, 4.69) is 15.6 Å². The Morgan fingerprint density at radius 3 is 2.31 bits per heavy atom. The molecule has 0 aromatic carbocycles. The van der Waals surface area contributed by atoms with Gasteiger partial charge in [-0.2, -0.15) is 0 Å². The Hall–Kier alpha value is -3.42. The lowest BCUT2D eigenvalue weighted by Gasteiger charge is -2.31. The van der Waals surface area contributed by atoms with Gasteiger partial charge in [-0.15, -0.1) is 0 Å². The van der Waals surface area contributed by atoms with Crippen molar-refractivity contribution in [3.05, 3.63) is 0 Å². The third kappa shape index (κ3) is 9.39. The third-order valence-corrected chi connectivity index (χ3v) is 5.94. The number of carboxylic acid groups (broad SMARTS) is 1. The number of rotatable bonds is 14. The summed E-state index contributed by atoms with van der Waals surface area (Å²) >= 11 is 0. The van der Waals surface area contributed by atoms with Crippen molar-refractivity contribution in [3.63, 3.8) is 0 Å². The highest BCUT2D eigenvalue weighted by molar-refractivity contribution is 5.96. The number of aliphatic imine (C=N–C) groups is 1. The van der Waals surface area contributed by atoms with Gasteiger partial charge in [0, 0.05) is 13.1 Å². The highest BCUT2D eigenvalue weighted by atomic mass is 16.4. The molecule has 0 spiro atoms. The molecule has 0 radical (unpaired) electrons. The van der Waals surface area contributed by atoms with Crippen molar-refractivity contribution in [1.29, 1.82) is 0 Å². The Morgan fingerprint density at radius 2 is 1.77 bits per heavy atom. The zero-order chi connectivity index (χ0) is 26.7. The molecule has 14 nitrogen and oxygen atoms in total. The summed E-state index contributed by atoms with van der Waals surface area (Å²) in [6.45, 7) is 4.08. The maximum absolute atomic E-state index is 13.2. The molecule has 0 aromatic rings. The van der Waals surface area contributed by atoms with Crippen molar-refractivity contribution in [2.45, 2.75) is 76.5 Å². The summed E-state index contributed by atoms with van der Waals surface area (Å²) in [7, 11) is 0. The van der Waals surface area contributed by atoms with Crippen LogP contribution in [0.1, 0.15) is 52.4 Å². The van der Waals surface area contributed by atoms with Gasteiger partial charge in [-0.05, 0) is 31.6 Å². The normalized spacial score (nSPS) is 18.6. The van der Waals surface area contributed by atoms with Crippen LogP contribution in [0.3, 0.4) is 0 Å². The fourth-order valence-corrected chi connectivity index (χ4v) is 3.74. The first-order chi connectivity index (χ1) is 16.4. The Bertz CT molecular complexity index is 816. The first-order valence-corrected chi connectivity index (χ1v) is 11.6. The summed E-state index contributed by atoms with van der Waals surface area (Å²) in [5, 5.41) is 14.4. The van der Waals surface area contributed by atoms with Gasteiger partial charge >= 0.3 is 5.97 Å². The Morgan fingerprint density at radius 1 is 1.11 bits per heavy atom. The van der Waals surface area contributed by atoms with E-state index in [1.54, 1.807) is 6.92 Å². The van der Waals surface area contributed by atoms with Crippen LogP contribution in [0.5, 0.6) is 0 Å². The number of hydrogen-bond acceptors (Lipinski definition) is 7. The number of carbonyl (C=O) groups is 5. The average molecular weight is 499 g/mol. The molecule has 1 aliphatic rings. The maximum Gasteiger partial charge on any atom is 0.326 e. The molecule has 14 heteroatoms. The number of nitrogens with two attached hydrogens (primary N) is 4.